The van der Waals surface area contributed by atoms with E-state index in [1.807, 2.05) is 0 Å². The Hall–Kier alpha value is -0.450. The number of nitrogens with zero attached hydrogens (tertiary/aromatic N) is 2. The second-order valence-corrected chi connectivity index (χ2v) is 6.55. The largest absolute Gasteiger partial charge is 0.317 e. The van der Waals surface area contributed by atoms with Crippen molar-refractivity contribution in [2.75, 3.05) is 52.4 Å². The molecule has 0 aromatic heterocycles. The summed E-state index contributed by atoms with van der Waals surface area (Å²) in [4.78, 5) is 16.9. The molecule has 2 aliphatic heterocycles. The molecule has 0 aliphatic carbocycles. The van der Waals surface area contributed by atoms with Gasteiger partial charge in [0.25, 0.3) is 0 Å². The molecule has 0 amide bonds. The Balaban J connectivity index is 1.65. The van der Waals surface area contributed by atoms with Gasteiger partial charge in [-0.25, -0.2) is 0 Å². The zero-order valence-electron chi connectivity index (χ0n) is 13.2. The first kappa shape index (κ1) is 15.9. The fourth-order valence-corrected chi connectivity index (χ4v) is 3.16. The molecule has 2 heterocycles. The first-order valence-electron chi connectivity index (χ1n) is 8.37. The summed E-state index contributed by atoms with van der Waals surface area (Å²) >= 11 is 0. The van der Waals surface area contributed by atoms with Gasteiger partial charge in [-0.1, -0.05) is 13.8 Å². The van der Waals surface area contributed by atoms with Crippen LogP contribution in [0, 0.1) is 11.8 Å². The molecule has 4 nitrogen and oxygen atoms in total. The van der Waals surface area contributed by atoms with E-state index in [0.717, 1.165) is 38.5 Å². The molecule has 0 spiro atoms. The first-order valence-corrected chi connectivity index (χ1v) is 8.37. The highest BCUT2D eigenvalue weighted by molar-refractivity contribution is 5.82. The summed E-state index contributed by atoms with van der Waals surface area (Å²) in [6.07, 6.45) is 3.62. The van der Waals surface area contributed by atoms with Crippen molar-refractivity contribution >= 4 is 5.78 Å². The Morgan fingerprint density at radius 1 is 1.15 bits per heavy atom. The molecule has 1 atom stereocenters. The van der Waals surface area contributed by atoms with Crippen molar-refractivity contribution in [3.05, 3.63) is 0 Å². The van der Waals surface area contributed by atoms with Crippen LogP contribution < -0.4 is 5.32 Å². The number of hydrogen-bond acceptors (Lipinski definition) is 4. The van der Waals surface area contributed by atoms with Crippen LogP contribution in [0.25, 0.3) is 0 Å². The summed E-state index contributed by atoms with van der Waals surface area (Å²) in [5.74, 6) is 1.52. The quantitative estimate of drug-likeness (QED) is 0.794. The highest BCUT2D eigenvalue weighted by Crippen LogP contribution is 2.15. The minimum absolute atomic E-state index is 0.225. The van der Waals surface area contributed by atoms with Crippen LogP contribution in [0.4, 0.5) is 0 Å². The predicted molar refractivity (Wildman–Crippen MR) is 82.9 cm³/mol. The molecule has 4 heteroatoms. The maximum atomic E-state index is 12.0. The van der Waals surface area contributed by atoms with Crippen molar-refractivity contribution in [3.8, 4) is 0 Å². The number of piperidine rings is 1. The molecule has 1 unspecified atom stereocenters. The third-order valence-corrected chi connectivity index (χ3v) is 4.98. The molecule has 2 saturated heterocycles. The number of hydrogen-bond donors (Lipinski definition) is 1. The Labute approximate surface area is 123 Å². The van der Waals surface area contributed by atoms with E-state index in [-0.39, 0.29) is 5.92 Å². The number of ketones is 1. The topological polar surface area (TPSA) is 35.6 Å². The van der Waals surface area contributed by atoms with Crippen molar-refractivity contribution in [1.29, 1.82) is 0 Å². The lowest BCUT2D eigenvalue weighted by Crippen LogP contribution is -2.50. The lowest BCUT2D eigenvalue weighted by atomic mass is 9.97. The Kier molecular flexibility index (Phi) is 6.46. The molecule has 0 radical (unpaired) electrons. The molecule has 0 saturated carbocycles. The highest BCUT2D eigenvalue weighted by Gasteiger charge is 2.23. The first-order chi connectivity index (χ1) is 9.69. The Bertz CT molecular complexity index is 294. The van der Waals surface area contributed by atoms with Crippen LogP contribution in [0.5, 0.6) is 0 Å². The van der Waals surface area contributed by atoms with E-state index in [0.29, 0.717) is 12.3 Å². The molecule has 20 heavy (non-hydrogen) atoms. The third kappa shape index (κ3) is 4.83. The molecule has 0 bridgehead atoms. The fourth-order valence-electron chi connectivity index (χ4n) is 3.16. The summed E-state index contributed by atoms with van der Waals surface area (Å²) in [6.45, 7) is 12.8. The van der Waals surface area contributed by atoms with E-state index < -0.39 is 0 Å². The molecular formula is C16H31N3O. The molecule has 1 N–H and O–H groups in total. The van der Waals surface area contributed by atoms with Crippen LogP contribution in [0.2, 0.25) is 0 Å². The van der Waals surface area contributed by atoms with Gasteiger partial charge in [0.05, 0.1) is 6.54 Å². The molecule has 116 valence electrons. The van der Waals surface area contributed by atoms with Gasteiger partial charge in [0.1, 0.15) is 5.78 Å². The summed E-state index contributed by atoms with van der Waals surface area (Å²) in [5.41, 5.74) is 0. The van der Waals surface area contributed by atoms with Gasteiger partial charge in [-0.3, -0.25) is 9.69 Å². The van der Waals surface area contributed by atoms with Crippen molar-refractivity contribution in [3.63, 3.8) is 0 Å². The lowest BCUT2D eigenvalue weighted by Gasteiger charge is -2.37. The van der Waals surface area contributed by atoms with Crippen LogP contribution in [0.1, 0.15) is 33.1 Å². The third-order valence-electron chi connectivity index (χ3n) is 4.98. The molecule has 2 aliphatic rings. The average Bonchev–Trinajstić information content (AvgIpc) is 2.49. The van der Waals surface area contributed by atoms with Crippen LogP contribution in [-0.4, -0.2) is 67.9 Å². The van der Waals surface area contributed by atoms with E-state index in [2.05, 4.69) is 29.0 Å². The minimum atomic E-state index is 0.225. The van der Waals surface area contributed by atoms with Crippen molar-refractivity contribution < 1.29 is 4.79 Å². The molecule has 0 aromatic rings. The SMILES string of the molecule is CCC(C)C(=O)CN1CCN(CC2CCNCC2)CC1. The normalized spacial score (nSPS) is 24.7. The molecular weight excluding hydrogens is 250 g/mol. The number of Topliss-reactive ketones (excluding diaryl/α,β-unsaturated/α-hetero) is 1. The van der Waals surface area contributed by atoms with E-state index in [1.54, 1.807) is 0 Å². The van der Waals surface area contributed by atoms with E-state index in [1.165, 1.54) is 32.5 Å². The predicted octanol–water partition coefficient (Wildman–Crippen LogP) is 1.22. The van der Waals surface area contributed by atoms with Gasteiger partial charge in [0.15, 0.2) is 0 Å². The van der Waals surface area contributed by atoms with Crippen molar-refractivity contribution in [1.82, 2.24) is 15.1 Å². The second kappa shape index (κ2) is 8.11. The summed E-state index contributed by atoms with van der Waals surface area (Å²) < 4.78 is 0. The smallest absolute Gasteiger partial charge is 0.149 e. The van der Waals surface area contributed by atoms with Gasteiger partial charge in [-0.15, -0.1) is 0 Å². The zero-order valence-corrected chi connectivity index (χ0v) is 13.2. The minimum Gasteiger partial charge on any atom is -0.317 e. The zero-order chi connectivity index (χ0) is 14.4. The number of nitrogens with one attached hydrogen (secondary N) is 1. The van der Waals surface area contributed by atoms with Gasteiger partial charge >= 0.3 is 0 Å². The summed E-state index contributed by atoms with van der Waals surface area (Å²) in [5, 5.41) is 3.43. The number of carbonyl (C=O) groups is 1. The Morgan fingerprint density at radius 3 is 2.35 bits per heavy atom. The standard InChI is InChI=1S/C16H31N3O/c1-3-14(2)16(20)13-19-10-8-18(9-11-19)12-15-4-6-17-7-5-15/h14-15,17H,3-13H2,1-2H3. The van der Waals surface area contributed by atoms with Gasteiger partial charge in [0.2, 0.25) is 0 Å². The van der Waals surface area contributed by atoms with E-state index in [4.69, 9.17) is 0 Å². The lowest BCUT2D eigenvalue weighted by molar-refractivity contribution is -0.124. The van der Waals surface area contributed by atoms with Gasteiger partial charge < -0.3 is 10.2 Å². The molecule has 2 rings (SSSR count). The van der Waals surface area contributed by atoms with Crippen molar-refractivity contribution in [2.45, 2.75) is 33.1 Å². The molecule has 0 aromatic carbocycles. The monoisotopic (exact) mass is 281 g/mol. The number of carbonyl (C=O) groups excluding carboxylic acids is 1. The average molecular weight is 281 g/mol. The van der Waals surface area contributed by atoms with Crippen LogP contribution in [0.3, 0.4) is 0 Å². The highest BCUT2D eigenvalue weighted by atomic mass is 16.1. The van der Waals surface area contributed by atoms with Crippen LogP contribution in [-0.2, 0) is 4.79 Å². The maximum absolute atomic E-state index is 12.0. The number of piperazine rings is 1. The van der Waals surface area contributed by atoms with Gasteiger partial charge in [0, 0.05) is 38.6 Å². The second-order valence-electron chi connectivity index (χ2n) is 6.55. The van der Waals surface area contributed by atoms with E-state index >= 15 is 0 Å². The van der Waals surface area contributed by atoms with Crippen LogP contribution in [0.15, 0.2) is 0 Å². The van der Waals surface area contributed by atoms with Gasteiger partial charge in [-0.2, -0.15) is 0 Å². The summed E-state index contributed by atoms with van der Waals surface area (Å²) in [6, 6.07) is 0. The summed E-state index contributed by atoms with van der Waals surface area (Å²) in [7, 11) is 0. The van der Waals surface area contributed by atoms with Gasteiger partial charge in [-0.05, 0) is 38.3 Å². The van der Waals surface area contributed by atoms with Crippen LogP contribution >= 0.6 is 0 Å². The van der Waals surface area contributed by atoms with Crippen molar-refractivity contribution in [2.24, 2.45) is 11.8 Å². The fraction of sp³-hybridized carbons (Fsp3) is 0.938. The number of rotatable bonds is 6. The maximum Gasteiger partial charge on any atom is 0.149 e. The Morgan fingerprint density at radius 2 is 1.75 bits per heavy atom. The molecule has 2 fully saturated rings. The van der Waals surface area contributed by atoms with E-state index in [9.17, 15) is 4.79 Å².